The van der Waals surface area contributed by atoms with E-state index in [0.717, 1.165) is 5.56 Å². The molecule has 7 nitrogen and oxygen atoms in total. The zero-order chi connectivity index (χ0) is 21.1. The highest BCUT2D eigenvalue weighted by molar-refractivity contribution is 7.80. The number of thiocarbonyl (C=S) groups is 1. The topological polar surface area (TPSA) is 81.2 Å². The largest absolute Gasteiger partial charge is 0.494 e. The number of benzene rings is 2. The van der Waals surface area contributed by atoms with Crippen molar-refractivity contribution in [3.8, 4) is 17.2 Å². The van der Waals surface area contributed by atoms with Gasteiger partial charge in [0, 0.05) is 6.54 Å². The second-order valence-corrected chi connectivity index (χ2v) is 6.12. The molecule has 0 unspecified atom stereocenters. The number of nitrogens with zero attached hydrogens (tertiary/aromatic N) is 1. The maximum atomic E-state index is 12.5. The van der Waals surface area contributed by atoms with Crippen LogP contribution in [-0.2, 0) is 0 Å². The lowest BCUT2D eigenvalue weighted by Gasteiger charge is -2.12. The number of hydrogen-bond acceptors (Lipinski definition) is 6. The number of ether oxygens (including phenoxy) is 3. The molecule has 0 aromatic heterocycles. The van der Waals surface area contributed by atoms with Crippen LogP contribution in [0.5, 0.6) is 17.2 Å². The molecule has 0 atom stereocenters. The Morgan fingerprint density at radius 3 is 2.41 bits per heavy atom. The van der Waals surface area contributed by atoms with Gasteiger partial charge in [-0.05, 0) is 81.0 Å². The molecule has 0 spiro atoms. The molecule has 2 aromatic carbocycles. The van der Waals surface area contributed by atoms with E-state index in [9.17, 15) is 4.79 Å². The number of carbonyl (C=O) groups is 1. The van der Waals surface area contributed by atoms with Crippen LogP contribution < -0.4 is 25.0 Å². The summed E-state index contributed by atoms with van der Waals surface area (Å²) >= 11 is 5.05. The third-order valence-electron chi connectivity index (χ3n) is 3.59. The minimum Gasteiger partial charge on any atom is -0.494 e. The fourth-order valence-electron chi connectivity index (χ4n) is 2.34. The molecule has 2 aromatic rings. The summed E-state index contributed by atoms with van der Waals surface area (Å²) in [5.41, 5.74) is 3.90. The van der Waals surface area contributed by atoms with Crippen molar-refractivity contribution in [1.29, 1.82) is 0 Å². The Labute approximate surface area is 176 Å². The second kappa shape index (κ2) is 11.7. The van der Waals surface area contributed by atoms with E-state index in [4.69, 9.17) is 26.4 Å². The van der Waals surface area contributed by atoms with Gasteiger partial charge < -0.3 is 19.5 Å². The van der Waals surface area contributed by atoms with Gasteiger partial charge in [-0.15, -0.1) is 0 Å². The van der Waals surface area contributed by atoms with Crippen molar-refractivity contribution >= 4 is 29.5 Å². The monoisotopic (exact) mass is 415 g/mol. The Morgan fingerprint density at radius 2 is 1.76 bits per heavy atom. The van der Waals surface area contributed by atoms with E-state index in [1.165, 1.54) is 0 Å². The summed E-state index contributed by atoms with van der Waals surface area (Å²) < 4.78 is 16.5. The predicted molar refractivity (Wildman–Crippen MR) is 117 cm³/mol. The molecule has 154 valence electrons. The van der Waals surface area contributed by atoms with Crippen LogP contribution in [0.25, 0.3) is 0 Å². The van der Waals surface area contributed by atoms with Gasteiger partial charge >= 0.3 is 5.97 Å². The summed E-state index contributed by atoms with van der Waals surface area (Å²) in [6, 6.07) is 12.0. The lowest BCUT2D eigenvalue weighted by atomic mass is 10.2. The molecule has 0 saturated carbocycles. The van der Waals surface area contributed by atoms with Crippen LogP contribution in [-0.4, -0.2) is 37.1 Å². The lowest BCUT2D eigenvalue weighted by molar-refractivity contribution is 0.0728. The van der Waals surface area contributed by atoms with Gasteiger partial charge in [-0.3, -0.25) is 5.43 Å². The number of carbonyl (C=O) groups excluding carboxylic acids is 1. The van der Waals surface area contributed by atoms with E-state index in [0.29, 0.717) is 47.7 Å². The van der Waals surface area contributed by atoms with Gasteiger partial charge in [0.1, 0.15) is 5.75 Å². The fraction of sp³-hybridized carbons (Fsp3) is 0.286. The molecule has 0 amide bonds. The van der Waals surface area contributed by atoms with E-state index < -0.39 is 5.97 Å². The number of nitrogens with one attached hydrogen (secondary N) is 2. The smallest absolute Gasteiger partial charge is 0.343 e. The van der Waals surface area contributed by atoms with E-state index in [1.807, 2.05) is 20.8 Å². The first-order chi connectivity index (χ1) is 14.1. The van der Waals surface area contributed by atoms with E-state index in [-0.39, 0.29) is 0 Å². The second-order valence-electron chi connectivity index (χ2n) is 5.72. The van der Waals surface area contributed by atoms with Crippen LogP contribution in [0, 0.1) is 0 Å². The van der Waals surface area contributed by atoms with Crippen molar-refractivity contribution in [3.63, 3.8) is 0 Å². The maximum Gasteiger partial charge on any atom is 0.343 e. The third-order valence-corrected chi connectivity index (χ3v) is 3.82. The van der Waals surface area contributed by atoms with Gasteiger partial charge in [-0.25, -0.2) is 4.79 Å². The Kier molecular flexibility index (Phi) is 8.91. The molecule has 8 heteroatoms. The molecule has 0 heterocycles. The summed E-state index contributed by atoms with van der Waals surface area (Å²) in [6.07, 6.45) is 1.60. The minimum absolute atomic E-state index is 0.332. The average molecular weight is 416 g/mol. The summed E-state index contributed by atoms with van der Waals surface area (Å²) in [6.45, 7) is 7.40. The highest BCUT2D eigenvalue weighted by Gasteiger charge is 2.13. The van der Waals surface area contributed by atoms with Crippen LogP contribution in [0.2, 0.25) is 0 Å². The van der Waals surface area contributed by atoms with Crippen LogP contribution in [0.15, 0.2) is 47.6 Å². The normalized spacial score (nSPS) is 10.4. The van der Waals surface area contributed by atoms with Gasteiger partial charge in [-0.2, -0.15) is 5.10 Å². The first-order valence-electron chi connectivity index (χ1n) is 9.36. The first kappa shape index (κ1) is 22.2. The Hall–Kier alpha value is -3.13. The number of rotatable bonds is 9. The van der Waals surface area contributed by atoms with Crippen LogP contribution in [0.3, 0.4) is 0 Å². The number of hydrogen-bond donors (Lipinski definition) is 2. The first-order valence-corrected chi connectivity index (χ1v) is 9.77. The summed E-state index contributed by atoms with van der Waals surface area (Å²) in [5, 5.41) is 7.45. The van der Waals surface area contributed by atoms with Crippen molar-refractivity contribution < 1.29 is 19.0 Å². The van der Waals surface area contributed by atoms with Gasteiger partial charge in [-0.1, -0.05) is 0 Å². The summed E-state index contributed by atoms with van der Waals surface area (Å²) in [7, 11) is 0. The number of esters is 1. The predicted octanol–water partition coefficient (Wildman–Crippen LogP) is 3.52. The van der Waals surface area contributed by atoms with E-state index in [1.54, 1.807) is 48.7 Å². The van der Waals surface area contributed by atoms with E-state index >= 15 is 0 Å². The Bertz CT molecular complexity index is 854. The summed E-state index contributed by atoms with van der Waals surface area (Å²) in [5.74, 6) is 1.00. The van der Waals surface area contributed by atoms with Crippen LogP contribution in [0.1, 0.15) is 36.7 Å². The molecule has 0 aliphatic carbocycles. The van der Waals surface area contributed by atoms with Crippen LogP contribution in [0.4, 0.5) is 0 Å². The van der Waals surface area contributed by atoms with Gasteiger partial charge in [0.25, 0.3) is 0 Å². The van der Waals surface area contributed by atoms with Crippen molar-refractivity contribution in [2.75, 3.05) is 19.8 Å². The summed E-state index contributed by atoms with van der Waals surface area (Å²) in [4.78, 5) is 12.5. The molecule has 0 aliphatic heterocycles. The van der Waals surface area contributed by atoms with Crippen molar-refractivity contribution in [1.82, 2.24) is 10.7 Å². The Morgan fingerprint density at radius 1 is 1.03 bits per heavy atom. The van der Waals surface area contributed by atoms with Crippen molar-refractivity contribution in [2.24, 2.45) is 5.10 Å². The molecule has 2 N–H and O–H groups in total. The zero-order valence-electron chi connectivity index (χ0n) is 16.7. The molecule has 2 rings (SSSR count). The fourth-order valence-corrected chi connectivity index (χ4v) is 2.53. The molecule has 0 aliphatic rings. The molecular weight excluding hydrogens is 390 g/mol. The Balaban J connectivity index is 2.10. The van der Waals surface area contributed by atoms with Gasteiger partial charge in [0.15, 0.2) is 16.6 Å². The molecule has 29 heavy (non-hydrogen) atoms. The standard InChI is InChI=1S/C21H25N3O4S/c1-4-22-21(29)24-23-14-15-7-12-18(19(13-15)27-6-3)28-20(25)16-8-10-17(11-9-16)26-5-2/h7-14H,4-6H2,1-3H3,(H2,22,24,29). The number of hydrazone groups is 1. The highest BCUT2D eigenvalue weighted by atomic mass is 32.1. The van der Waals surface area contributed by atoms with Crippen LogP contribution >= 0.6 is 12.2 Å². The third kappa shape index (κ3) is 7.08. The van der Waals surface area contributed by atoms with Crippen molar-refractivity contribution in [2.45, 2.75) is 20.8 Å². The molecule has 0 bridgehead atoms. The molecule has 0 saturated heterocycles. The molecule has 0 fully saturated rings. The lowest BCUT2D eigenvalue weighted by Crippen LogP contribution is -2.31. The van der Waals surface area contributed by atoms with Gasteiger partial charge in [0.2, 0.25) is 0 Å². The average Bonchev–Trinajstić information content (AvgIpc) is 2.71. The van der Waals surface area contributed by atoms with Crippen molar-refractivity contribution in [3.05, 3.63) is 53.6 Å². The quantitative estimate of drug-likeness (QED) is 0.213. The van der Waals surface area contributed by atoms with Gasteiger partial charge in [0.05, 0.1) is 25.0 Å². The maximum absolute atomic E-state index is 12.5. The van der Waals surface area contributed by atoms with E-state index in [2.05, 4.69) is 15.8 Å². The molecule has 0 radical (unpaired) electrons. The highest BCUT2D eigenvalue weighted by Crippen LogP contribution is 2.29. The zero-order valence-corrected chi connectivity index (χ0v) is 17.5. The SMILES string of the molecule is CCNC(=S)NN=Cc1ccc(OC(=O)c2ccc(OCC)cc2)c(OCC)c1. The minimum atomic E-state index is -0.479. The molecular formula is C21H25N3O4S.